The number of aryl methyl sites for hydroxylation is 1. The lowest BCUT2D eigenvalue weighted by molar-refractivity contribution is 0.0924. The molecule has 3 heteroatoms. The van der Waals surface area contributed by atoms with Crippen molar-refractivity contribution in [2.45, 2.75) is 71.6 Å². The molecule has 20 heavy (non-hydrogen) atoms. The fourth-order valence-corrected chi connectivity index (χ4v) is 2.28. The molecule has 1 rings (SSSR count). The van der Waals surface area contributed by atoms with Crippen molar-refractivity contribution in [3.05, 3.63) is 23.7 Å². The van der Waals surface area contributed by atoms with E-state index in [1.165, 1.54) is 51.4 Å². The summed E-state index contributed by atoms with van der Waals surface area (Å²) < 4.78 is 5.28. The van der Waals surface area contributed by atoms with Crippen LogP contribution in [-0.4, -0.2) is 12.5 Å². The van der Waals surface area contributed by atoms with E-state index >= 15 is 0 Å². The average molecular weight is 279 g/mol. The highest BCUT2D eigenvalue weighted by Crippen LogP contribution is 2.09. The number of carbonyl (C=O) groups excluding carboxylic acids is 1. The average Bonchev–Trinajstić information content (AvgIpc) is 2.87. The molecule has 0 aliphatic carbocycles. The number of amides is 1. The number of rotatable bonds is 11. The summed E-state index contributed by atoms with van der Waals surface area (Å²) in [6, 6.07) is 3.54. The molecule has 0 bridgehead atoms. The normalized spacial score (nSPS) is 10.7. The van der Waals surface area contributed by atoms with Crippen LogP contribution < -0.4 is 5.32 Å². The van der Waals surface area contributed by atoms with E-state index in [-0.39, 0.29) is 5.91 Å². The van der Waals surface area contributed by atoms with Crippen LogP contribution in [0.5, 0.6) is 0 Å². The van der Waals surface area contributed by atoms with Gasteiger partial charge in [0.15, 0.2) is 5.76 Å². The van der Waals surface area contributed by atoms with Crippen molar-refractivity contribution < 1.29 is 9.21 Å². The van der Waals surface area contributed by atoms with Crippen LogP contribution in [0, 0.1) is 6.92 Å². The minimum Gasteiger partial charge on any atom is -0.456 e. The molecule has 1 aromatic heterocycles. The monoisotopic (exact) mass is 279 g/mol. The lowest BCUT2D eigenvalue weighted by Gasteiger charge is -2.04. The second-order valence-corrected chi connectivity index (χ2v) is 5.49. The Balaban J connectivity index is 1.91. The highest BCUT2D eigenvalue weighted by atomic mass is 16.3. The Kier molecular flexibility index (Phi) is 8.84. The van der Waals surface area contributed by atoms with Crippen LogP contribution in [0.4, 0.5) is 0 Å². The van der Waals surface area contributed by atoms with E-state index in [1.807, 2.05) is 13.0 Å². The maximum absolute atomic E-state index is 11.7. The van der Waals surface area contributed by atoms with Gasteiger partial charge in [-0.1, -0.05) is 58.3 Å². The van der Waals surface area contributed by atoms with Gasteiger partial charge in [0.1, 0.15) is 5.76 Å². The fraction of sp³-hybridized carbons (Fsp3) is 0.706. The third-order valence-corrected chi connectivity index (χ3v) is 3.53. The molecular weight excluding hydrogens is 250 g/mol. The highest BCUT2D eigenvalue weighted by Gasteiger charge is 2.08. The van der Waals surface area contributed by atoms with Crippen molar-refractivity contribution in [3.63, 3.8) is 0 Å². The van der Waals surface area contributed by atoms with E-state index in [0.29, 0.717) is 5.76 Å². The van der Waals surface area contributed by atoms with Crippen molar-refractivity contribution in [3.8, 4) is 0 Å². The van der Waals surface area contributed by atoms with E-state index < -0.39 is 0 Å². The van der Waals surface area contributed by atoms with Gasteiger partial charge in [-0.3, -0.25) is 4.79 Å². The van der Waals surface area contributed by atoms with Crippen LogP contribution in [0.2, 0.25) is 0 Å². The van der Waals surface area contributed by atoms with Gasteiger partial charge >= 0.3 is 0 Å². The largest absolute Gasteiger partial charge is 0.456 e. The molecular formula is C17H29NO2. The predicted molar refractivity (Wildman–Crippen MR) is 83.0 cm³/mol. The highest BCUT2D eigenvalue weighted by molar-refractivity contribution is 5.91. The smallest absolute Gasteiger partial charge is 0.286 e. The Bertz CT molecular complexity index is 371. The predicted octanol–water partition coefficient (Wildman–Crippen LogP) is 4.85. The third kappa shape index (κ3) is 7.37. The quantitative estimate of drug-likeness (QED) is 0.588. The maximum Gasteiger partial charge on any atom is 0.286 e. The number of carbonyl (C=O) groups is 1. The second-order valence-electron chi connectivity index (χ2n) is 5.49. The van der Waals surface area contributed by atoms with Gasteiger partial charge in [0.2, 0.25) is 0 Å². The first-order valence-corrected chi connectivity index (χ1v) is 8.08. The summed E-state index contributed by atoms with van der Waals surface area (Å²) in [5.74, 6) is 1.09. The van der Waals surface area contributed by atoms with E-state index in [0.717, 1.165) is 18.7 Å². The van der Waals surface area contributed by atoms with Crippen LogP contribution in [0.15, 0.2) is 16.5 Å². The molecule has 0 fully saturated rings. The lowest BCUT2D eigenvalue weighted by atomic mass is 10.1. The summed E-state index contributed by atoms with van der Waals surface area (Å²) >= 11 is 0. The van der Waals surface area contributed by atoms with Gasteiger partial charge < -0.3 is 9.73 Å². The first kappa shape index (κ1) is 16.8. The van der Waals surface area contributed by atoms with E-state index in [1.54, 1.807) is 6.07 Å². The molecule has 0 saturated carbocycles. The zero-order valence-electron chi connectivity index (χ0n) is 13.0. The maximum atomic E-state index is 11.7. The molecule has 3 nitrogen and oxygen atoms in total. The van der Waals surface area contributed by atoms with Crippen molar-refractivity contribution in [2.24, 2.45) is 0 Å². The lowest BCUT2D eigenvalue weighted by Crippen LogP contribution is -2.23. The summed E-state index contributed by atoms with van der Waals surface area (Å²) in [6.45, 7) is 4.84. The summed E-state index contributed by atoms with van der Waals surface area (Å²) in [7, 11) is 0. The summed E-state index contributed by atoms with van der Waals surface area (Å²) in [6.07, 6.45) is 11.7. The molecule has 0 aliphatic heterocycles. The van der Waals surface area contributed by atoms with Gasteiger partial charge in [-0.2, -0.15) is 0 Å². The summed E-state index contributed by atoms with van der Waals surface area (Å²) in [4.78, 5) is 11.7. The number of hydrogen-bond acceptors (Lipinski definition) is 2. The minimum absolute atomic E-state index is 0.0994. The van der Waals surface area contributed by atoms with Crippen molar-refractivity contribution in [1.82, 2.24) is 5.32 Å². The van der Waals surface area contributed by atoms with Gasteiger partial charge in [0.05, 0.1) is 0 Å². The Morgan fingerprint density at radius 2 is 1.60 bits per heavy atom. The summed E-state index contributed by atoms with van der Waals surface area (Å²) in [5, 5.41) is 2.90. The molecule has 0 radical (unpaired) electrons. The van der Waals surface area contributed by atoms with Crippen LogP contribution >= 0.6 is 0 Å². The Morgan fingerprint density at radius 3 is 2.15 bits per heavy atom. The molecule has 0 aliphatic rings. The first-order chi connectivity index (χ1) is 9.74. The Morgan fingerprint density at radius 1 is 1.00 bits per heavy atom. The van der Waals surface area contributed by atoms with Crippen LogP contribution in [0.1, 0.15) is 81.0 Å². The molecule has 114 valence electrons. The van der Waals surface area contributed by atoms with Crippen LogP contribution in [0.25, 0.3) is 0 Å². The van der Waals surface area contributed by atoms with Crippen molar-refractivity contribution in [2.75, 3.05) is 6.54 Å². The van der Waals surface area contributed by atoms with Gasteiger partial charge in [-0.25, -0.2) is 0 Å². The third-order valence-electron chi connectivity index (χ3n) is 3.53. The molecule has 0 saturated heterocycles. The number of unbranched alkanes of at least 4 members (excludes halogenated alkanes) is 8. The van der Waals surface area contributed by atoms with E-state index in [9.17, 15) is 4.79 Å². The van der Waals surface area contributed by atoms with E-state index in [4.69, 9.17) is 4.42 Å². The topological polar surface area (TPSA) is 42.2 Å². The molecule has 1 amide bonds. The first-order valence-electron chi connectivity index (χ1n) is 8.08. The standard InChI is InChI=1S/C17H29NO2/c1-3-4-5-6-7-8-9-10-11-14-18-17(19)16-13-12-15(2)20-16/h12-13H,3-11,14H2,1-2H3,(H,18,19). The van der Waals surface area contributed by atoms with Crippen LogP contribution in [0.3, 0.4) is 0 Å². The van der Waals surface area contributed by atoms with Gasteiger partial charge in [0.25, 0.3) is 5.91 Å². The Labute approximate surface area is 123 Å². The second kappa shape index (κ2) is 10.5. The number of nitrogens with one attached hydrogen (secondary N) is 1. The molecule has 1 heterocycles. The van der Waals surface area contributed by atoms with Gasteiger partial charge in [-0.05, 0) is 25.5 Å². The molecule has 0 spiro atoms. The Hall–Kier alpha value is -1.25. The molecule has 0 atom stereocenters. The molecule has 0 unspecified atom stereocenters. The zero-order chi connectivity index (χ0) is 14.6. The minimum atomic E-state index is -0.0994. The number of hydrogen-bond donors (Lipinski definition) is 1. The molecule has 1 aromatic rings. The van der Waals surface area contributed by atoms with Crippen LogP contribution in [-0.2, 0) is 0 Å². The van der Waals surface area contributed by atoms with Crippen molar-refractivity contribution in [1.29, 1.82) is 0 Å². The molecule has 0 aromatic carbocycles. The molecule has 1 N–H and O–H groups in total. The fourth-order valence-electron chi connectivity index (χ4n) is 2.28. The number of furan rings is 1. The summed E-state index contributed by atoms with van der Waals surface area (Å²) in [5.41, 5.74) is 0. The zero-order valence-corrected chi connectivity index (χ0v) is 13.0. The van der Waals surface area contributed by atoms with E-state index in [2.05, 4.69) is 12.2 Å². The van der Waals surface area contributed by atoms with Crippen molar-refractivity contribution >= 4 is 5.91 Å². The SMILES string of the molecule is CCCCCCCCCCCNC(=O)c1ccc(C)o1. The van der Waals surface area contributed by atoms with Gasteiger partial charge in [-0.15, -0.1) is 0 Å². The van der Waals surface area contributed by atoms with Gasteiger partial charge in [0, 0.05) is 6.54 Å².